The van der Waals surface area contributed by atoms with Crippen molar-refractivity contribution in [1.82, 2.24) is 20.6 Å². The van der Waals surface area contributed by atoms with Crippen molar-refractivity contribution < 1.29 is 9.21 Å². The first kappa shape index (κ1) is 19.4. The van der Waals surface area contributed by atoms with Crippen molar-refractivity contribution in [2.45, 2.75) is 18.4 Å². The van der Waals surface area contributed by atoms with Crippen LogP contribution in [0.1, 0.15) is 28.5 Å². The van der Waals surface area contributed by atoms with Crippen LogP contribution in [0.25, 0.3) is 11.5 Å². The smallest absolute Gasteiger partial charge is 0.287 e. The lowest BCUT2D eigenvalue weighted by Crippen LogP contribution is -2.49. The number of furan rings is 1. The van der Waals surface area contributed by atoms with E-state index in [1.807, 2.05) is 24.3 Å². The summed E-state index contributed by atoms with van der Waals surface area (Å²) in [6.45, 7) is 1.61. The van der Waals surface area contributed by atoms with Gasteiger partial charge in [0.05, 0.1) is 0 Å². The number of aromatic nitrogens is 2. The number of piperidine rings is 1. The van der Waals surface area contributed by atoms with E-state index in [1.54, 1.807) is 25.2 Å². The minimum atomic E-state index is -0.244. The van der Waals surface area contributed by atoms with Crippen LogP contribution in [0.4, 0.5) is 5.82 Å². The lowest BCUT2D eigenvalue weighted by atomic mass is 9.86. The Bertz CT molecular complexity index is 989. The molecule has 0 unspecified atom stereocenters. The summed E-state index contributed by atoms with van der Waals surface area (Å²) in [6.07, 6.45) is 2.39. The predicted octanol–water partition coefficient (Wildman–Crippen LogP) is 3.31. The Morgan fingerprint density at radius 2 is 2.03 bits per heavy atom. The molecular formula is C21H22ClN5O2. The second-order valence-corrected chi connectivity index (χ2v) is 7.37. The second-order valence-electron chi connectivity index (χ2n) is 6.93. The number of rotatable bonds is 5. The zero-order valence-corrected chi connectivity index (χ0v) is 16.7. The largest absolute Gasteiger partial charge is 0.449 e. The molecule has 7 nitrogen and oxygen atoms in total. The van der Waals surface area contributed by atoms with Gasteiger partial charge in [0, 0.05) is 36.6 Å². The number of benzene rings is 1. The van der Waals surface area contributed by atoms with Crippen molar-refractivity contribution in [3.8, 4) is 11.5 Å². The fourth-order valence-corrected chi connectivity index (χ4v) is 3.71. The van der Waals surface area contributed by atoms with Gasteiger partial charge in [-0.1, -0.05) is 23.7 Å². The summed E-state index contributed by atoms with van der Waals surface area (Å²) in [7, 11) is 1.78. The first-order valence-corrected chi connectivity index (χ1v) is 9.89. The minimum absolute atomic E-state index is 0.0408. The molecule has 8 heteroatoms. The molecule has 3 aromatic rings. The number of hydrogen-bond donors (Lipinski definition) is 3. The standard InChI is InChI=1S/C21H22ClN5O2/c1-23-20-10-16(25-12-26-20)18-6-7-19(29-18)21(28)27-17-11-24-9-8-15(17)13-2-4-14(22)5-3-13/h2-7,10,12,15,17,24H,8-9,11H2,1H3,(H,27,28)(H,23,25,26)/t15-,17+/m0/s1. The molecule has 1 aliphatic rings. The Hall–Kier alpha value is -2.90. The van der Waals surface area contributed by atoms with Gasteiger partial charge < -0.3 is 20.4 Å². The molecule has 2 atom stereocenters. The van der Waals surface area contributed by atoms with E-state index < -0.39 is 0 Å². The highest BCUT2D eigenvalue weighted by molar-refractivity contribution is 6.30. The maximum atomic E-state index is 12.8. The van der Waals surface area contributed by atoms with Gasteiger partial charge in [0.25, 0.3) is 5.91 Å². The summed E-state index contributed by atoms with van der Waals surface area (Å²) >= 11 is 6.02. The van der Waals surface area contributed by atoms with E-state index in [0.717, 1.165) is 13.0 Å². The molecule has 0 radical (unpaired) electrons. The summed E-state index contributed by atoms with van der Waals surface area (Å²) in [4.78, 5) is 21.1. The molecule has 150 valence electrons. The molecule has 1 amide bonds. The quantitative estimate of drug-likeness (QED) is 0.596. The van der Waals surface area contributed by atoms with E-state index >= 15 is 0 Å². The van der Waals surface area contributed by atoms with Gasteiger partial charge in [-0.3, -0.25) is 4.79 Å². The van der Waals surface area contributed by atoms with Crippen molar-refractivity contribution in [3.63, 3.8) is 0 Å². The van der Waals surface area contributed by atoms with Gasteiger partial charge in [-0.05, 0) is 42.8 Å². The Kier molecular flexibility index (Phi) is 5.78. The topological polar surface area (TPSA) is 92.1 Å². The first-order chi connectivity index (χ1) is 14.1. The fourth-order valence-electron chi connectivity index (χ4n) is 3.59. The molecule has 2 aromatic heterocycles. The predicted molar refractivity (Wildman–Crippen MR) is 112 cm³/mol. The van der Waals surface area contributed by atoms with E-state index in [-0.39, 0.29) is 23.6 Å². The number of carbonyl (C=O) groups excluding carboxylic acids is 1. The molecule has 1 saturated heterocycles. The summed E-state index contributed by atoms with van der Waals surface area (Å²) in [5.41, 5.74) is 1.78. The molecule has 0 saturated carbocycles. The maximum absolute atomic E-state index is 12.8. The fraction of sp³-hybridized carbons (Fsp3) is 0.286. The minimum Gasteiger partial charge on any atom is -0.449 e. The third-order valence-electron chi connectivity index (χ3n) is 5.10. The van der Waals surface area contributed by atoms with Crippen LogP contribution >= 0.6 is 11.6 Å². The molecule has 3 heterocycles. The van der Waals surface area contributed by atoms with Crippen LogP contribution in [0.15, 0.2) is 53.2 Å². The van der Waals surface area contributed by atoms with E-state index in [4.69, 9.17) is 16.0 Å². The number of hydrogen-bond acceptors (Lipinski definition) is 6. The van der Waals surface area contributed by atoms with E-state index in [0.29, 0.717) is 28.8 Å². The lowest BCUT2D eigenvalue weighted by molar-refractivity contribution is 0.0897. The van der Waals surface area contributed by atoms with Gasteiger partial charge in [0.15, 0.2) is 11.5 Å². The molecule has 3 N–H and O–H groups in total. The molecule has 0 aliphatic carbocycles. The number of anilines is 1. The number of amides is 1. The van der Waals surface area contributed by atoms with E-state index in [9.17, 15) is 4.79 Å². The molecule has 1 aliphatic heterocycles. The van der Waals surface area contributed by atoms with Crippen LogP contribution in [0.3, 0.4) is 0 Å². The Morgan fingerprint density at radius 1 is 1.21 bits per heavy atom. The zero-order valence-electron chi connectivity index (χ0n) is 16.0. The van der Waals surface area contributed by atoms with Gasteiger partial charge in [-0.25, -0.2) is 9.97 Å². The van der Waals surface area contributed by atoms with Crippen LogP contribution in [-0.2, 0) is 0 Å². The Labute approximate surface area is 173 Å². The van der Waals surface area contributed by atoms with Gasteiger partial charge in [-0.15, -0.1) is 0 Å². The van der Waals surface area contributed by atoms with Crippen molar-refractivity contribution in [1.29, 1.82) is 0 Å². The van der Waals surface area contributed by atoms with Crippen LogP contribution in [0, 0.1) is 0 Å². The Morgan fingerprint density at radius 3 is 2.83 bits per heavy atom. The van der Waals surface area contributed by atoms with Crippen LogP contribution in [-0.4, -0.2) is 42.1 Å². The molecule has 0 bridgehead atoms. The van der Waals surface area contributed by atoms with Gasteiger partial charge >= 0.3 is 0 Å². The van der Waals surface area contributed by atoms with Gasteiger partial charge in [0.2, 0.25) is 0 Å². The summed E-state index contributed by atoms with van der Waals surface area (Å²) in [6, 6.07) is 13.0. The summed E-state index contributed by atoms with van der Waals surface area (Å²) in [5.74, 6) is 1.42. The monoisotopic (exact) mass is 411 g/mol. The summed E-state index contributed by atoms with van der Waals surface area (Å²) in [5, 5.41) is 10.1. The number of carbonyl (C=O) groups is 1. The first-order valence-electron chi connectivity index (χ1n) is 9.51. The van der Waals surface area contributed by atoms with Gasteiger partial charge in [-0.2, -0.15) is 0 Å². The average molecular weight is 412 g/mol. The molecular weight excluding hydrogens is 390 g/mol. The second kappa shape index (κ2) is 8.63. The Balaban J connectivity index is 1.49. The SMILES string of the molecule is CNc1cc(-c2ccc(C(=O)N[C@@H]3CNCC[C@H]3c3ccc(Cl)cc3)o2)ncn1. The highest BCUT2D eigenvalue weighted by Crippen LogP contribution is 2.27. The summed E-state index contributed by atoms with van der Waals surface area (Å²) < 4.78 is 5.76. The highest BCUT2D eigenvalue weighted by atomic mass is 35.5. The average Bonchev–Trinajstić information content (AvgIpc) is 3.25. The third kappa shape index (κ3) is 4.41. The number of halogens is 1. The number of nitrogens with zero attached hydrogens (tertiary/aromatic N) is 2. The molecule has 29 heavy (non-hydrogen) atoms. The third-order valence-corrected chi connectivity index (χ3v) is 5.35. The van der Waals surface area contributed by atoms with Crippen molar-refractivity contribution >= 4 is 23.3 Å². The molecule has 1 fully saturated rings. The number of nitrogens with one attached hydrogen (secondary N) is 3. The molecule has 4 rings (SSSR count). The highest BCUT2D eigenvalue weighted by Gasteiger charge is 2.28. The van der Waals surface area contributed by atoms with Crippen molar-refractivity contribution in [2.75, 3.05) is 25.5 Å². The van der Waals surface area contributed by atoms with Crippen LogP contribution in [0.5, 0.6) is 0 Å². The van der Waals surface area contributed by atoms with E-state index in [1.165, 1.54) is 11.9 Å². The maximum Gasteiger partial charge on any atom is 0.287 e. The lowest BCUT2D eigenvalue weighted by Gasteiger charge is -2.33. The molecule has 0 spiro atoms. The normalized spacial score (nSPS) is 19.0. The van der Waals surface area contributed by atoms with Crippen LogP contribution < -0.4 is 16.0 Å². The van der Waals surface area contributed by atoms with E-state index in [2.05, 4.69) is 25.9 Å². The van der Waals surface area contributed by atoms with Crippen LogP contribution in [0.2, 0.25) is 5.02 Å². The zero-order chi connectivity index (χ0) is 20.2. The van der Waals surface area contributed by atoms with Crippen molar-refractivity contribution in [2.24, 2.45) is 0 Å². The molecule has 1 aromatic carbocycles. The van der Waals surface area contributed by atoms with Crippen molar-refractivity contribution in [3.05, 3.63) is 65.1 Å². The van der Waals surface area contributed by atoms with Gasteiger partial charge in [0.1, 0.15) is 17.8 Å².